The highest BCUT2D eigenvalue weighted by molar-refractivity contribution is 5.90. The third-order valence-electron chi connectivity index (χ3n) is 4.23. The summed E-state index contributed by atoms with van der Waals surface area (Å²) in [5.41, 5.74) is 0.905. The first-order chi connectivity index (χ1) is 10.7. The summed E-state index contributed by atoms with van der Waals surface area (Å²) in [7, 11) is 0. The number of aromatic nitrogens is 4. The topological polar surface area (TPSA) is 75.4 Å². The lowest BCUT2D eigenvalue weighted by molar-refractivity contribution is 0.0923. The highest BCUT2D eigenvalue weighted by Crippen LogP contribution is 2.15. The number of nitrogens with one attached hydrogen (secondary N) is 1. The van der Waals surface area contributed by atoms with E-state index in [0.717, 1.165) is 25.2 Å². The van der Waals surface area contributed by atoms with Crippen LogP contribution < -0.4 is 5.32 Å². The molecule has 1 amide bonds. The fraction of sp³-hybridized carbons (Fsp3) is 0.600. The molecular weight excluding hydrogens is 280 g/mol. The molecule has 2 aromatic rings. The Morgan fingerprint density at radius 1 is 1.50 bits per heavy atom. The van der Waals surface area contributed by atoms with Gasteiger partial charge in [-0.25, -0.2) is 9.50 Å². The van der Waals surface area contributed by atoms with Crippen LogP contribution in [0.2, 0.25) is 0 Å². The van der Waals surface area contributed by atoms with Crippen LogP contribution in [-0.4, -0.2) is 56.6 Å². The average Bonchev–Trinajstić information content (AvgIpc) is 2.98. The largest absolute Gasteiger partial charge is 0.349 e. The highest BCUT2D eigenvalue weighted by Gasteiger charge is 2.20. The molecular formula is C15H22N6O. The second-order valence-electron chi connectivity index (χ2n) is 5.84. The van der Waals surface area contributed by atoms with Gasteiger partial charge in [0, 0.05) is 25.0 Å². The molecule has 0 spiro atoms. The number of likely N-dealkylation sites (tertiary alicyclic amines) is 1. The van der Waals surface area contributed by atoms with Gasteiger partial charge in [0.15, 0.2) is 0 Å². The quantitative estimate of drug-likeness (QED) is 0.908. The highest BCUT2D eigenvalue weighted by atomic mass is 16.2. The lowest BCUT2D eigenvalue weighted by Crippen LogP contribution is -2.40. The molecule has 1 aliphatic rings. The van der Waals surface area contributed by atoms with Crippen molar-refractivity contribution in [3.63, 3.8) is 0 Å². The summed E-state index contributed by atoms with van der Waals surface area (Å²) in [5.74, 6) is 0.929. The number of rotatable bonds is 4. The molecule has 7 heteroatoms. The third-order valence-corrected chi connectivity index (χ3v) is 4.23. The molecule has 0 saturated carbocycles. The minimum absolute atomic E-state index is 0.185. The number of piperidine rings is 1. The van der Waals surface area contributed by atoms with E-state index in [0.29, 0.717) is 18.2 Å². The first kappa shape index (κ1) is 14.9. The van der Waals surface area contributed by atoms with Crippen LogP contribution in [-0.2, 0) is 0 Å². The smallest absolute Gasteiger partial charge is 0.291 e. The van der Waals surface area contributed by atoms with Gasteiger partial charge in [0.2, 0.25) is 5.82 Å². The zero-order valence-electron chi connectivity index (χ0n) is 13.1. The lowest BCUT2D eigenvalue weighted by atomic mass is 9.98. The number of aryl methyl sites for hydroxylation is 1. The minimum atomic E-state index is -0.224. The summed E-state index contributed by atoms with van der Waals surface area (Å²) in [6, 6.07) is 1.84. The summed E-state index contributed by atoms with van der Waals surface area (Å²) >= 11 is 0. The molecule has 3 heterocycles. The molecule has 22 heavy (non-hydrogen) atoms. The number of fused-ring (bicyclic) bond motifs is 1. The second kappa shape index (κ2) is 6.39. The molecule has 118 valence electrons. The van der Waals surface area contributed by atoms with Gasteiger partial charge < -0.3 is 10.2 Å². The average molecular weight is 302 g/mol. The van der Waals surface area contributed by atoms with Gasteiger partial charge >= 0.3 is 0 Å². The van der Waals surface area contributed by atoms with E-state index in [-0.39, 0.29) is 11.7 Å². The molecule has 1 aliphatic heterocycles. The van der Waals surface area contributed by atoms with Gasteiger partial charge in [-0.2, -0.15) is 4.98 Å². The van der Waals surface area contributed by atoms with Gasteiger partial charge in [-0.15, -0.1) is 5.10 Å². The fourth-order valence-corrected chi connectivity index (χ4v) is 2.92. The van der Waals surface area contributed by atoms with E-state index in [9.17, 15) is 4.79 Å². The Balaban J connectivity index is 1.62. The Kier molecular flexibility index (Phi) is 4.33. The van der Waals surface area contributed by atoms with Crippen LogP contribution in [0.3, 0.4) is 0 Å². The van der Waals surface area contributed by atoms with Crippen molar-refractivity contribution >= 4 is 11.7 Å². The molecule has 7 nitrogen and oxygen atoms in total. The van der Waals surface area contributed by atoms with Crippen molar-refractivity contribution < 1.29 is 4.79 Å². The summed E-state index contributed by atoms with van der Waals surface area (Å²) in [5, 5.41) is 7.19. The maximum absolute atomic E-state index is 12.2. The zero-order valence-corrected chi connectivity index (χ0v) is 13.1. The van der Waals surface area contributed by atoms with Gasteiger partial charge in [0.1, 0.15) is 0 Å². The lowest BCUT2D eigenvalue weighted by Gasteiger charge is -2.31. The summed E-state index contributed by atoms with van der Waals surface area (Å²) in [4.78, 5) is 23.0. The standard InChI is InChI=1S/C15H22N6O/c1-3-20-8-4-5-12(10-20)9-17-14(22)13-18-15-16-7-6-11(2)21(15)19-13/h6-7,12H,3-5,8-10H2,1-2H3,(H,17,22). The van der Waals surface area contributed by atoms with E-state index in [1.54, 1.807) is 10.7 Å². The van der Waals surface area contributed by atoms with Crippen molar-refractivity contribution in [2.45, 2.75) is 26.7 Å². The molecule has 3 rings (SSSR count). The normalized spacial score (nSPS) is 19.5. The number of hydrogen-bond acceptors (Lipinski definition) is 5. The van der Waals surface area contributed by atoms with Crippen LogP contribution in [0, 0.1) is 12.8 Å². The van der Waals surface area contributed by atoms with E-state index >= 15 is 0 Å². The van der Waals surface area contributed by atoms with Crippen molar-refractivity contribution in [1.29, 1.82) is 0 Å². The molecule has 2 aromatic heterocycles. The number of carbonyl (C=O) groups excluding carboxylic acids is 1. The van der Waals surface area contributed by atoms with Gasteiger partial charge in [-0.05, 0) is 44.8 Å². The Morgan fingerprint density at radius 3 is 3.14 bits per heavy atom. The van der Waals surface area contributed by atoms with Gasteiger partial charge in [0.25, 0.3) is 11.7 Å². The van der Waals surface area contributed by atoms with Crippen LogP contribution in [0.15, 0.2) is 12.3 Å². The SMILES string of the molecule is CCN1CCCC(CNC(=O)c2nc3nccc(C)n3n2)C1. The van der Waals surface area contributed by atoms with Gasteiger partial charge in [0.05, 0.1) is 0 Å². The number of hydrogen-bond donors (Lipinski definition) is 1. The molecule has 1 unspecified atom stereocenters. The molecule has 0 aliphatic carbocycles. The number of nitrogens with zero attached hydrogens (tertiary/aromatic N) is 5. The van der Waals surface area contributed by atoms with Gasteiger partial charge in [-0.1, -0.05) is 6.92 Å². The molecule has 1 N–H and O–H groups in total. The van der Waals surface area contributed by atoms with E-state index in [4.69, 9.17) is 0 Å². The van der Waals surface area contributed by atoms with E-state index in [2.05, 4.69) is 32.2 Å². The van der Waals surface area contributed by atoms with Crippen LogP contribution in [0.5, 0.6) is 0 Å². The van der Waals surface area contributed by atoms with Crippen LogP contribution in [0.4, 0.5) is 0 Å². The summed E-state index contributed by atoms with van der Waals surface area (Å²) < 4.78 is 1.59. The van der Waals surface area contributed by atoms with E-state index < -0.39 is 0 Å². The Morgan fingerprint density at radius 2 is 2.36 bits per heavy atom. The molecule has 1 saturated heterocycles. The monoisotopic (exact) mass is 302 g/mol. The molecule has 0 bridgehead atoms. The van der Waals surface area contributed by atoms with E-state index in [1.807, 2.05) is 13.0 Å². The zero-order chi connectivity index (χ0) is 15.5. The van der Waals surface area contributed by atoms with Crippen LogP contribution in [0.25, 0.3) is 5.78 Å². The minimum Gasteiger partial charge on any atom is -0.349 e. The van der Waals surface area contributed by atoms with Crippen molar-refractivity contribution in [2.24, 2.45) is 5.92 Å². The maximum Gasteiger partial charge on any atom is 0.291 e. The van der Waals surface area contributed by atoms with Crippen molar-refractivity contribution in [2.75, 3.05) is 26.2 Å². The number of carbonyl (C=O) groups is 1. The Hall–Kier alpha value is -2.02. The predicted molar refractivity (Wildman–Crippen MR) is 82.7 cm³/mol. The molecule has 0 aromatic carbocycles. The van der Waals surface area contributed by atoms with Crippen LogP contribution >= 0.6 is 0 Å². The van der Waals surface area contributed by atoms with Crippen molar-refractivity contribution in [3.05, 3.63) is 23.8 Å². The van der Waals surface area contributed by atoms with E-state index in [1.165, 1.54) is 13.0 Å². The van der Waals surface area contributed by atoms with Crippen molar-refractivity contribution in [1.82, 2.24) is 29.8 Å². The van der Waals surface area contributed by atoms with Crippen molar-refractivity contribution in [3.8, 4) is 0 Å². The second-order valence-corrected chi connectivity index (χ2v) is 5.84. The molecule has 1 atom stereocenters. The third kappa shape index (κ3) is 3.09. The molecule has 1 fully saturated rings. The predicted octanol–water partition coefficient (Wildman–Crippen LogP) is 0.894. The first-order valence-corrected chi connectivity index (χ1v) is 7.86. The Bertz CT molecular complexity index is 667. The summed E-state index contributed by atoms with van der Waals surface area (Å²) in [6.45, 7) is 8.06. The maximum atomic E-state index is 12.2. The Labute approximate surface area is 129 Å². The fourth-order valence-electron chi connectivity index (χ4n) is 2.92. The van der Waals surface area contributed by atoms with Gasteiger partial charge in [-0.3, -0.25) is 4.79 Å². The first-order valence-electron chi connectivity index (χ1n) is 7.86. The number of amides is 1. The summed E-state index contributed by atoms with van der Waals surface area (Å²) in [6.07, 6.45) is 4.03. The molecule has 0 radical (unpaired) electrons. The van der Waals surface area contributed by atoms with Crippen LogP contribution in [0.1, 0.15) is 36.1 Å².